The zero-order chi connectivity index (χ0) is 21.3. The van der Waals surface area contributed by atoms with Crippen molar-refractivity contribution in [3.8, 4) is 20.9 Å². The molecule has 0 bridgehead atoms. The first-order chi connectivity index (χ1) is 14.6. The molecule has 0 aliphatic rings. The molecule has 0 aliphatic heterocycles. The summed E-state index contributed by atoms with van der Waals surface area (Å²) < 4.78 is 0. The van der Waals surface area contributed by atoms with Crippen LogP contribution < -0.4 is 0 Å². The normalized spacial score (nSPS) is 11.3. The van der Waals surface area contributed by atoms with Gasteiger partial charge in [0.15, 0.2) is 0 Å². The zero-order valence-electron chi connectivity index (χ0n) is 19.4. The third-order valence-corrected chi connectivity index (χ3v) is 8.28. The van der Waals surface area contributed by atoms with Crippen molar-refractivity contribution in [2.24, 2.45) is 0 Å². The maximum absolute atomic E-state index is 2.43. The van der Waals surface area contributed by atoms with Crippen molar-refractivity contribution in [2.45, 2.75) is 91.9 Å². The Hall–Kier alpha value is -1.38. The van der Waals surface area contributed by atoms with Crippen LogP contribution in [0, 0.1) is 13.8 Å². The van der Waals surface area contributed by atoms with Crippen LogP contribution in [0.3, 0.4) is 0 Å². The number of rotatable bonds is 12. The first-order valence-corrected chi connectivity index (χ1v) is 13.5. The van der Waals surface area contributed by atoms with Crippen LogP contribution in [0.1, 0.15) is 86.1 Å². The van der Waals surface area contributed by atoms with E-state index in [9.17, 15) is 0 Å². The number of thiophene rings is 2. The van der Waals surface area contributed by atoms with Crippen LogP contribution in [0.5, 0.6) is 0 Å². The summed E-state index contributed by atoms with van der Waals surface area (Å²) >= 11 is 3.93. The quantitative estimate of drug-likeness (QED) is 0.247. The third-order valence-electron chi connectivity index (χ3n) is 5.96. The van der Waals surface area contributed by atoms with Gasteiger partial charge in [0.2, 0.25) is 0 Å². The van der Waals surface area contributed by atoms with Gasteiger partial charge in [-0.05, 0) is 73.9 Å². The summed E-state index contributed by atoms with van der Waals surface area (Å²) in [6.45, 7) is 9.09. The van der Waals surface area contributed by atoms with Gasteiger partial charge in [0.05, 0.1) is 0 Å². The van der Waals surface area contributed by atoms with Gasteiger partial charge in [-0.3, -0.25) is 0 Å². The Labute approximate surface area is 192 Å². The Morgan fingerprint density at radius 2 is 1.40 bits per heavy atom. The molecule has 2 aromatic heterocycles. The van der Waals surface area contributed by atoms with E-state index in [0.29, 0.717) is 0 Å². The molecule has 30 heavy (non-hydrogen) atoms. The summed E-state index contributed by atoms with van der Waals surface area (Å²) in [4.78, 5) is 5.81. The van der Waals surface area contributed by atoms with Crippen molar-refractivity contribution >= 4 is 22.7 Å². The highest BCUT2D eigenvalue weighted by Gasteiger charge is 2.14. The van der Waals surface area contributed by atoms with Gasteiger partial charge in [-0.25, -0.2) is 0 Å². The molecule has 3 rings (SSSR count). The molecule has 0 radical (unpaired) electrons. The van der Waals surface area contributed by atoms with Gasteiger partial charge in [-0.2, -0.15) is 0 Å². The van der Waals surface area contributed by atoms with Crippen LogP contribution in [-0.4, -0.2) is 0 Å². The summed E-state index contributed by atoms with van der Waals surface area (Å²) in [6.07, 6.45) is 13.2. The van der Waals surface area contributed by atoms with E-state index in [4.69, 9.17) is 0 Å². The van der Waals surface area contributed by atoms with Crippen LogP contribution in [0.25, 0.3) is 20.9 Å². The molecule has 3 aromatic rings. The number of aryl methyl sites for hydroxylation is 4. The second-order valence-corrected chi connectivity index (χ2v) is 11.1. The molecule has 0 spiro atoms. The standard InChI is InChI=1S/C28H38S2/c1-5-7-9-10-11-12-13-23-15-17-24(18-16-23)26-20-27(30-22(26)4)28-25(14-8-6-2)19-21(3)29-28/h15-20H,5-14H2,1-4H3. The van der Waals surface area contributed by atoms with Gasteiger partial charge in [-0.15, -0.1) is 22.7 Å². The van der Waals surface area contributed by atoms with Gasteiger partial charge in [0.1, 0.15) is 0 Å². The molecule has 0 saturated heterocycles. The molecular formula is C28H38S2. The fourth-order valence-electron chi connectivity index (χ4n) is 4.17. The molecule has 2 heteroatoms. The third kappa shape index (κ3) is 6.31. The number of hydrogen-bond acceptors (Lipinski definition) is 2. The lowest BCUT2D eigenvalue weighted by Gasteiger charge is -2.05. The predicted octanol–water partition coefficient (Wildman–Crippen LogP) is 10.0. The van der Waals surface area contributed by atoms with Crippen molar-refractivity contribution < 1.29 is 0 Å². The first-order valence-electron chi connectivity index (χ1n) is 11.9. The van der Waals surface area contributed by atoms with E-state index in [0.717, 1.165) is 0 Å². The van der Waals surface area contributed by atoms with Crippen LogP contribution >= 0.6 is 22.7 Å². The number of benzene rings is 1. The van der Waals surface area contributed by atoms with Crippen molar-refractivity contribution in [1.82, 2.24) is 0 Å². The van der Waals surface area contributed by atoms with Gasteiger partial charge < -0.3 is 0 Å². The van der Waals surface area contributed by atoms with E-state index >= 15 is 0 Å². The summed E-state index contributed by atoms with van der Waals surface area (Å²) in [5.74, 6) is 0. The maximum atomic E-state index is 2.43. The molecule has 0 aliphatic carbocycles. The first kappa shape index (κ1) is 23.3. The average molecular weight is 439 g/mol. The summed E-state index contributed by atoms with van der Waals surface area (Å²) in [5, 5.41) is 0. The van der Waals surface area contributed by atoms with Crippen LogP contribution in [-0.2, 0) is 12.8 Å². The highest BCUT2D eigenvalue weighted by molar-refractivity contribution is 7.22. The fourth-order valence-corrected chi connectivity index (χ4v) is 6.41. The summed E-state index contributed by atoms with van der Waals surface area (Å²) in [6, 6.07) is 14.2. The molecule has 0 N–H and O–H groups in total. The summed E-state index contributed by atoms with van der Waals surface area (Å²) in [5.41, 5.74) is 5.80. The maximum Gasteiger partial charge on any atom is 0.0477 e. The van der Waals surface area contributed by atoms with Gasteiger partial charge in [-0.1, -0.05) is 76.6 Å². The molecule has 0 nitrogen and oxygen atoms in total. The number of hydrogen-bond donors (Lipinski definition) is 0. The van der Waals surface area contributed by atoms with Gasteiger partial charge in [0.25, 0.3) is 0 Å². The predicted molar refractivity (Wildman–Crippen MR) is 138 cm³/mol. The van der Waals surface area contributed by atoms with Crippen LogP contribution in [0.15, 0.2) is 36.4 Å². The van der Waals surface area contributed by atoms with E-state index < -0.39 is 0 Å². The summed E-state index contributed by atoms with van der Waals surface area (Å²) in [7, 11) is 0. The molecular weight excluding hydrogens is 400 g/mol. The Balaban J connectivity index is 1.67. The van der Waals surface area contributed by atoms with Crippen molar-refractivity contribution in [2.75, 3.05) is 0 Å². The zero-order valence-corrected chi connectivity index (χ0v) is 21.0. The monoisotopic (exact) mass is 438 g/mol. The minimum absolute atomic E-state index is 1.20. The Bertz CT molecular complexity index is 895. The van der Waals surface area contributed by atoms with Crippen molar-refractivity contribution in [3.63, 3.8) is 0 Å². The van der Waals surface area contributed by atoms with Gasteiger partial charge >= 0.3 is 0 Å². The molecule has 0 atom stereocenters. The van der Waals surface area contributed by atoms with Crippen molar-refractivity contribution in [3.05, 3.63) is 57.3 Å². The Kier molecular flexibility index (Phi) is 9.21. The Morgan fingerprint density at radius 1 is 0.700 bits per heavy atom. The van der Waals surface area contributed by atoms with E-state index in [2.05, 4.69) is 64.1 Å². The highest BCUT2D eigenvalue weighted by Crippen LogP contribution is 2.42. The van der Waals surface area contributed by atoms with E-state index in [1.165, 1.54) is 100 Å². The molecule has 0 unspecified atom stereocenters. The number of unbranched alkanes of at least 4 members (excludes halogenated alkanes) is 6. The van der Waals surface area contributed by atoms with Crippen LogP contribution in [0.4, 0.5) is 0 Å². The van der Waals surface area contributed by atoms with Crippen LogP contribution in [0.2, 0.25) is 0 Å². The van der Waals surface area contributed by atoms with E-state index in [-0.39, 0.29) is 0 Å². The SMILES string of the molecule is CCCCCCCCc1ccc(-c2cc(-c3sc(C)cc3CCCC)sc2C)cc1. The molecule has 162 valence electrons. The Morgan fingerprint density at radius 3 is 2.13 bits per heavy atom. The lowest BCUT2D eigenvalue weighted by atomic mass is 10.0. The van der Waals surface area contributed by atoms with Crippen molar-refractivity contribution in [1.29, 1.82) is 0 Å². The minimum Gasteiger partial charge on any atom is -0.139 e. The molecule has 0 amide bonds. The topological polar surface area (TPSA) is 0 Å². The lowest BCUT2D eigenvalue weighted by molar-refractivity contribution is 0.607. The highest BCUT2D eigenvalue weighted by atomic mass is 32.1. The smallest absolute Gasteiger partial charge is 0.0477 e. The molecule has 2 heterocycles. The second-order valence-electron chi connectivity index (χ2n) is 8.61. The second kappa shape index (κ2) is 11.9. The molecule has 0 fully saturated rings. The average Bonchev–Trinajstić information content (AvgIpc) is 3.31. The van der Waals surface area contributed by atoms with E-state index in [1.807, 2.05) is 22.7 Å². The molecule has 0 saturated carbocycles. The minimum atomic E-state index is 1.20. The molecule has 1 aromatic carbocycles. The van der Waals surface area contributed by atoms with Gasteiger partial charge in [0, 0.05) is 19.5 Å². The largest absolute Gasteiger partial charge is 0.139 e. The van der Waals surface area contributed by atoms with E-state index in [1.54, 1.807) is 5.56 Å². The lowest BCUT2D eigenvalue weighted by Crippen LogP contribution is -1.87. The fraction of sp³-hybridized carbons (Fsp3) is 0.500.